The molecule has 0 bridgehead atoms. The lowest BCUT2D eigenvalue weighted by atomic mass is 10.1. The average Bonchev–Trinajstić information content (AvgIpc) is 2.67. The van der Waals surface area contributed by atoms with Crippen molar-refractivity contribution in [3.05, 3.63) is 13.1 Å². The van der Waals surface area contributed by atoms with E-state index in [1.165, 1.54) is 24.7 Å². The molecule has 0 saturated carbocycles. The van der Waals surface area contributed by atoms with E-state index in [9.17, 15) is 9.59 Å². The van der Waals surface area contributed by atoms with Gasteiger partial charge in [-0.3, -0.25) is 9.59 Å². The normalized spacial score (nSPS) is 15.4. The van der Waals surface area contributed by atoms with E-state index in [-0.39, 0.29) is 5.91 Å². The number of carbonyl (C=O) groups excluding carboxylic acids is 2. The molecule has 0 radical (unpaired) electrons. The smallest absolute Gasteiger partial charge is 0.308 e. The highest BCUT2D eigenvalue weighted by Crippen LogP contribution is 2.44. The summed E-state index contributed by atoms with van der Waals surface area (Å²) < 4.78 is 6.53. The zero-order valence-corrected chi connectivity index (χ0v) is 14.4. The molecule has 0 spiro atoms. The van der Waals surface area contributed by atoms with E-state index < -0.39 is 5.97 Å². The molecule has 1 aromatic heterocycles. The van der Waals surface area contributed by atoms with E-state index in [2.05, 4.69) is 31.9 Å². The van der Waals surface area contributed by atoms with Gasteiger partial charge in [0, 0.05) is 20.0 Å². The predicted molar refractivity (Wildman–Crippen MR) is 80.8 cm³/mol. The van der Waals surface area contributed by atoms with Crippen LogP contribution < -0.4 is 4.74 Å². The predicted octanol–water partition coefficient (Wildman–Crippen LogP) is 3.82. The lowest BCUT2D eigenvalue weighted by molar-refractivity contribution is -0.131. The number of rotatable bonds is 2. The van der Waals surface area contributed by atoms with Gasteiger partial charge in [0.2, 0.25) is 0 Å². The first-order chi connectivity index (χ1) is 9.00. The van der Waals surface area contributed by atoms with Crippen molar-refractivity contribution in [3.8, 4) is 5.75 Å². The summed E-state index contributed by atoms with van der Waals surface area (Å²) in [6.45, 7) is 2.87. The molecule has 0 atom stereocenters. The van der Waals surface area contributed by atoms with Gasteiger partial charge in [0.15, 0.2) is 5.75 Å². The van der Waals surface area contributed by atoms with Crippen LogP contribution in [0.3, 0.4) is 0 Å². The Morgan fingerprint density at radius 3 is 2.42 bits per heavy atom. The molecular formula is C12H13Br2NO3S. The van der Waals surface area contributed by atoms with Gasteiger partial charge in [0.05, 0.1) is 8.26 Å². The van der Waals surface area contributed by atoms with E-state index in [1.807, 2.05) is 4.90 Å². The molecule has 7 heteroatoms. The van der Waals surface area contributed by atoms with Crippen molar-refractivity contribution in [2.75, 3.05) is 13.1 Å². The summed E-state index contributed by atoms with van der Waals surface area (Å²) in [6.07, 6.45) is 3.23. The molecule has 1 aliphatic rings. The maximum atomic E-state index is 12.5. The number of thiophene rings is 1. The number of carbonyl (C=O) groups is 2. The van der Waals surface area contributed by atoms with Gasteiger partial charge < -0.3 is 9.64 Å². The molecule has 0 unspecified atom stereocenters. The number of nitrogens with zero attached hydrogens (tertiary/aromatic N) is 1. The molecule has 0 aliphatic carbocycles. The fourth-order valence-electron chi connectivity index (χ4n) is 1.99. The molecule has 0 N–H and O–H groups in total. The molecule has 1 saturated heterocycles. The molecule has 1 fully saturated rings. The highest BCUT2D eigenvalue weighted by atomic mass is 79.9. The molecule has 2 heterocycles. The first-order valence-electron chi connectivity index (χ1n) is 5.96. The molecule has 19 heavy (non-hydrogen) atoms. The van der Waals surface area contributed by atoms with Gasteiger partial charge in [-0.05, 0) is 51.1 Å². The van der Waals surface area contributed by atoms with Crippen LogP contribution in [0, 0.1) is 0 Å². The summed E-state index contributed by atoms with van der Waals surface area (Å²) in [7, 11) is 0. The second kappa shape index (κ2) is 6.37. The third-order valence-electron chi connectivity index (χ3n) is 2.85. The van der Waals surface area contributed by atoms with Crippen LogP contribution in [0.1, 0.15) is 35.9 Å². The van der Waals surface area contributed by atoms with Crippen LogP contribution in [-0.2, 0) is 4.79 Å². The molecule has 104 valence electrons. The van der Waals surface area contributed by atoms with Gasteiger partial charge in [-0.1, -0.05) is 0 Å². The highest BCUT2D eigenvalue weighted by molar-refractivity contribution is 9.13. The minimum atomic E-state index is -0.432. The summed E-state index contributed by atoms with van der Waals surface area (Å²) in [6, 6.07) is 0. The Kier molecular flexibility index (Phi) is 5.03. The van der Waals surface area contributed by atoms with Crippen molar-refractivity contribution in [2.24, 2.45) is 0 Å². The topological polar surface area (TPSA) is 46.6 Å². The van der Waals surface area contributed by atoms with Gasteiger partial charge in [0.25, 0.3) is 5.91 Å². The van der Waals surface area contributed by atoms with Gasteiger partial charge in [0.1, 0.15) is 4.88 Å². The molecular weight excluding hydrogens is 398 g/mol. The highest BCUT2D eigenvalue weighted by Gasteiger charge is 2.27. The maximum absolute atomic E-state index is 12.5. The summed E-state index contributed by atoms with van der Waals surface area (Å²) >= 11 is 7.98. The fraction of sp³-hybridized carbons (Fsp3) is 0.500. The fourth-order valence-corrected chi connectivity index (χ4v) is 4.12. The van der Waals surface area contributed by atoms with Crippen LogP contribution in [0.4, 0.5) is 0 Å². The second-order valence-corrected chi connectivity index (χ2v) is 7.43. The van der Waals surface area contributed by atoms with Crippen LogP contribution in [0.2, 0.25) is 0 Å². The summed E-state index contributed by atoms with van der Waals surface area (Å²) in [5.41, 5.74) is 0. The number of hydrogen-bond donors (Lipinski definition) is 0. The average molecular weight is 411 g/mol. The van der Waals surface area contributed by atoms with Crippen molar-refractivity contribution in [1.29, 1.82) is 0 Å². The Bertz CT molecular complexity index is 509. The molecule has 2 rings (SSSR count). The van der Waals surface area contributed by atoms with Crippen molar-refractivity contribution < 1.29 is 14.3 Å². The lowest BCUT2D eigenvalue weighted by Crippen LogP contribution is -2.35. The summed E-state index contributed by atoms with van der Waals surface area (Å²) in [5.74, 6) is -0.175. The third kappa shape index (κ3) is 3.38. The van der Waals surface area contributed by atoms with Gasteiger partial charge in [-0.2, -0.15) is 0 Å². The van der Waals surface area contributed by atoms with Gasteiger partial charge in [-0.15, -0.1) is 11.3 Å². The monoisotopic (exact) mass is 409 g/mol. The van der Waals surface area contributed by atoms with Crippen LogP contribution in [0.15, 0.2) is 8.26 Å². The first-order valence-corrected chi connectivity index (χ1v) is 8.36. The number of ether oxygens (including phenoxy) is 1. The second-order valence-electron chi connectivity index (χ2n) is 4.29. The number of halogens is 2. The van der Waals surface area contributed by atoms with E-state index in [0.29, 0.717) is 15.1 Å². The SMILES string of the molecule is CC(=O)Oc1c(C(=O)N2CCCCC2)sc(Br)c1Br. The zero-order valence-electron chi connectivity index (χ0n) is 10.4. The first kappa shape index (κ1) is 15.0. The molecule has 1 aromatic rings. The molecule has 1 amide bonds. The Balaban J connectivity index is 2.29. The minimum Gasteiger partial charge on any atom is -0.424 e. The van der Waals surface area contributed by atoms with Crippen molar-refractivity contribution in [1.82, 2.24) is 4.90 Å². The van der Waals surface area contributed by atoms with E-state index in [0.717, 1.165) is 29.7 Å². The van der Waals surface area contributed by atoms with Crippen LogP contribution in [0.5, 0.6) is 5.75 Å². The van der Waals surface area contributed by atoms with Crippen molar-refractivity contribution in [3.63, 3.8) is 0 Å². The molecule has 0 aromatic carbocycles. The standard InChI is InChI=1S/C12H13Br2NO3S/c1-7(16)18-9-8(13)11(14)19-10(9)12(17)15-5-3-2-4-6-15/h2-6H2,1H3. The largest absolute Gasteiger partial charge is 0.424 e. The maximum Gasteiger partial charge on any atom is 0.308 e. The molecule has 1 aliphatic heterocycles. The quantitative estimate of drug-likeness (QED) is 0.696. The Labute approximate surface area is 132 Å². The molecule has 4 nitrogen and oxygen atoms in total. The third-order valence-corrected chi connectivity index (χ3v) is 6.23. The Hall–Kier alpha value is -0.400. The number of hydrogen-bond acceptors (Lipinski definition) is 4. The van der Waals surface area contributed by atoms with Gasteiger partial charge >= 0.3 is 5.97 Å². The van der Waals surface area contributed by atoms with Crippen LogP contribution >= 0.6 is 43.2 Å². The summed E-state index contributed by atoms with van der Waals surface area (Å²) in [4.78, 5) is 25.9. The lowest BCUT2D eigenvalue weighted by Gasteiger charge is -2.26. The van der Waals surface area contributed by atoms with Crippen molar-refractivity contribution in [2.45, 2.75) is 26.2 Å². The number of esters is 1. The van der Waals surface area contributed by atoms with Crippen LogP contribution in [-0.4, -0.2) is 29.9 Å². The summed E-state index contributed by atoms with van der Waals surface area (Å²) in [5, 5.41) is 0. The number of amides is 1. The zero-order chi connectivity index (χ0) is 14.0. The van der Waals surface area contributed by atoms with E-state index in [4.69, 9.17) is 4.74 Å². The van der Waals surface area contributed by atoms with E-state index >= 15 is 0 Å². The Morgan fingerprint density at radius 2 is 1.84 bits per heavy atom. The van der Waals surface area contributed by atoms with Gasteiger partial charge in [-0.25, -0.2) is 0 Å². The number of piperidine rings is 1. The Morgan fingerprint density at radius 1 is 1.21 bits per heavy atom. The number of likely N-dealkylation sites (tertiary alicyclic amines) is 1. The van der Waals surface area contributed by atoms with Crippen molar-refractivity contribution >= 4 is 55.1 Å². The van der Waals surface area contributed by atoms with Crippen LogP contribution in [0.25, 0.3) is 0 Å². The van der Waals surface area contributed by atoms with E-state index in [1.54, 1.807) is 0 Å². The minimum absolute atomic E-state index is 0.0626.